The Morgan fingerprint density at radius 3 is 2.70 bits per heavy atom. The Bertz CT molecular complexity index is 580. The van der Waals surface area contributed by atoms with E-state index < -0.39 is 0 Å². The molecule has 108 valence electrons. The van der Waals surface area contributed by atoms with Crippen LogP contribution in [0.2, 0.25) is 5.02 Å². The van der Waals surface area contributed by atoms with Crippen molar-refractivity contribution in [3.8, 4) is 5.75 Å². The molecule has 1 aromatic heterocycles. The van der Waals surface area contributed by atoms with Gasteiger partial charge < -0.3 is 10.1 Å². The second kappa shape index (κ2) is 6.94. The molecule has 5 heteroatoms. The fraction of sp³-hybridized carbons (Fsp3) is 0.333. The van der Waals surface area contributed by atoms with Crippen molar-refractivity contribution in [3.63, 3.8) is 0 Å². The Kier molecular flexibility index (Phi) is 5.49. The highest BCUT2D eigenvalue weighted by Gasteiger charge is 2.18. The van der Waals surface area contributed by atoms with Gasteiger partial charge in [-0.3, -0.25) is 0 Å². The average molecular weight is 375 g/mol. The van der Waals surface area contributed by atoms with Crippen molar-refractivity contribution in [2.45, 2.75) is 19.9 Å². The van der Waals surface area contributed by atoms with Crippen LogP contribution in [0, 0.1) is 6.92 Å². The van der Waals surface area contributed by atoms with Gasteiger partial charge in [0.15, 0.2) is 0 Å². The van der Waals surface area contributed by atoms with E-state index in [1.54, 1.807) is 18.4 Å². The number of hydrogen-bond acceptors (Lipinski definition) is 3. The van der Waals surface area contributed by atoms with Gasteiger partial charge in [0.25, 0.3) is 0 Å². The number of methoxy groups -OCH3 is 1. The van der Waals surface area contributed by atoms with Crippen molar-refractivity contribution in [2.75, 3.05) is 13.7 Å². The second-order valence-corrected chi connectivity index (χ2v) is 7.30. The number of nitrogens with one attached hydrogen (secondary N) is 1. The van der Waals surface area contributed by atoms with Crippen LogP contribution >= 0.6 is 38.9 Å². The van der Waals surface area contributed by atoms with E-state index in [0.717, 1.165) is 12.1 Å². The number of halogens is 2. The molecule has 2 nitrogen and oxygen atoms in total. The van der Waals surface area contributed by atoms with Crippen LogP contribution in [0.5, 0.6) is 5.75 Å². The lowest BCUT2D eigenvalue weighted by molar-refractivity contribution is 0.414. The molecule has 0 amide bonds. The number of ether oxygens (including phenoxy) is 1. The predicted octanol–water partition coefficient (Wildman–Crippen LogP) is 5.18. The van der Waals surface area contributed by atoms with Gasteiger partial charge in [-0.1, -0.05) is 24.6 Å². The topological polar surface area (TPSA) is 21.3 Å². The Hall–Kier alpha value is -0.550. The number of benzene rings is 1. The first-order chi connectivity index (χ1) is 9.56. The van der Waals surface area contributed by atoms with Crippen LogP contribution in [0.25, 0.3) is 0 Å². The molecule has 0 saturated heterocycles. The van der Waals surface area contributed by atoms with Crippen LogP contribution in [-0.4, -0.2) is 13.7 Å². The standard InChI is InChI=1S/C15H17BrClNOS/c1-4-18-14(13-7-9(2)15(16)20-13)10-5-6-11(17)12(8-10)19-3/h5-8,14,18H,4H2,1-3H3. The average Bonchev–Trinajstić information content (AvgIpc) is 2.76. The van der Waals surface area contributed by atoms with Gasteiger partial charge in [-0.15, -0.1) is 11.3 Å². The Morgan fingerprint density at radius 2 is 2.15 bits per heavy atom. The Balaban J connectivity index is 2.42. The number of thiophene rings is 1. The Morgan fingerprint density at radius 1 is 1.40 bits per heavy atom. The lowest BCUT2D eigenvalue weighted by Gasteiger charge is -2.18. The van der Waals surface area contributed by atoms with E-state index in [-0.39, 0.29) is 6.04 Å². The second-order valence-electron chi connectivity index (χ2n) is 4.49. The molecule has 0 aliphatic carbocycles. The minimum Gasteiger partial charge on any atom is -0.495 e. The molecule has 1 aromatic carbocycles. The van der Waals surface area contributed by atoms with E-state index in [1.165, 1.54) is 14.2 Å². The largest absolute Gasteiger partial charge is 0.495 e. The third kappa shape index (κ3) is 3.37. The van der Waals surface area contributed by atoms with Crippen molar-refractivity contribution < 1.29 is 4.74 Å². The van der Waals surface area contributed by atoms with Crippen LogP contribution in [0.15, 0.2) is 28.1 Å². The van der Waals surface area contributed by atoms with Crippen LogP contribution in [0.1, 0.15) is 29.0 Å². The number of hydrogen-bond donors (Lipinski definition) is 1. The summed E-state index contributed by atoms with van der Waals surface area (Å²) in [6.07, 6.45) is 0. The first-order valence-electron chi connectivity index (χ1n) is 6.39. The fourth-order valence-electron chi connectivity index (χ4n) is 2.07. The SMILES string of the molecule is CCNC(c1ccc(Cl)c(OC)c1)c1cc(C)c(Br)s1. The summed E-state index contributed by atoms with van der Waals surface area (Å²) in [5.41, 5.74) is 2.41. The van der Waals surface area contributed by atoms with E-state index in [0.29, 0.717) is 10.8 Å². The van der Waals surface area contributed by atoms with E-state index in [9.17, 15) is 0 Å². The Labute approximate surface area is 137 Å². The quantitative estimate of drug-likeness (QED) is 0.778. The van der Waals surface area contributed by atoms with Crippen molar-refractivity contribution in [3.05, 3.63) is 49.1 Å². The lowest BCUT2D eigenvalue weighted by atomic mass is 10.0. The molecule has 2 aromatic rings. The first-order valence-corrected chi connectivity index (χ1v) is 8.38. The van der Waals surface area contributed by atoms with Crippen LogP contribution in [0.3, 0.4) is 0 Å². The molecule has 1 N–H and O–H groups in total. The molecule has 0 bridgehead atoms. The fourth-order valence-corrected chi connectivity index (χ4v) is 3.94. The summed E-state index contributed by atoms with van der Waals surface area (Å²) in [6.45, 7) is 5.11. The maximum Gasteiger partial charge on any atom is 0.137 e. The lowest BCUT2D eigenvalue weighted by Crippen LogP contribution is -2.21. The van der Waals surface area contributed by atoms with Gasteiger partial charge in [0, 0.05) is 4.88 Å². The van der Waals surface area contributed by atoms with E-state index in [4.69, 9.17) is 16.3 Å². The highest BCUT2D eigenvalue weighted by Crippen LogP contribution is 2.36. The number of aryl methyl sites for hydroxylation is 1. The third-order valence-electron chi connectivity index (χ3n) is 3.08. The molecule has 1 heterocycles. The summed E-state index contributed by atoms with van der Waals surface area (Å²) in [5, 5.41) is 4.15. The van der Waals surface area contributed by atoms with Gasteiger partial charge >= 0.3 is 0 Å². The normalized spacial score (nSPS) is 12.4. The zero-order valence-electron chi connectivity index (χ0n) is 11.7. The molecule has 2 rings (SSSR count). The summed E-state index contributed by atoms with van der Waals surface area (Å²) in [5.74, 6) is 0.708. The summed E-state index contributed by atoms with van der Waals surface area (Å²) in [7, 11) is 1.64. The summed E-state index contributed by atoms with van der Waals surface area (Å²) in [6, 6.07) is 8.29. The highest BCUT2D eigenvalue weighted by atomic mass is 79.9. The molecule has 0 aliphatic rings. The third-order valence-corrected chi connectivity index (χ3v) is 5.59. The van der Waals surface area contributed by atoms with Gasteiger partial charge in [-0.05, 0) is 58.7 Å². The molecule has 1 atom stereocenters. The van der Waals surface area contributed by atoms with Crippen molar-refractivity contribution in [2.24, 2.45) is 0 Å². The van der Waals surface area contributed by atoms with Crippen LogP contribution in [0.4, 0.5) is 0 Å². The maximum atomic E-state index is 6.10. The predicted molar refractivity (Wildman–Crippen MR) is 90.3 cm³/mol. The maximum absolute atomic E-state index is 6.10. The zero-order valence-corrected chi connectivity index (χ0v) is 14.8. The molecule has 0 radical (unpaired) electrons. The molecule has 0 spiro atoms. The first kappa shape index (κ1) is 15.8. The van der Waals surface area contributed by atoms with Crippen molar-refractivity contribution >= 4 is 38.9 Å². The van der Waals surface area contributed by atoms with Crippen molar-refractivity contribution in [1.29, 1.82) is 0 Å². The van der Waals surface area contributed by atoms with Gasteiger partial charge in [-0.25, -0.2) is 0 Å². The molecule has 0 aliphatic heterocycles. The van der Waals surface area contributed by atoms with E-state index in [1.807, 2.05) is 18.2 Å². The summed E-state index contributed by atoms with van der Waals surface area (Å²) in [4.78, 5) is 1.28. The number of rotatable bonds is 5. The molecule has 20 heavy (non-hydrogen) atoms. The van der Waals surface area contributed by atoms with Gasteiger partial charge in [-0.2, -0.15) is 0 Å². The van der Waals surface area contributed by atoms with E-state index in [2.05, 4.69) is 41.2 Å². The minimum absolute atomic E-state index is 0.154. The summed E-state index contributed by atoms with van der Waals surface area (Å²) < 4.78 is 6.49. The molecular weight excluding hydrogens is 358 g/mol. The monoisotopic (exact) mass is 373 g/mol. The van der Waals surface area contributed by atoms with Crippen LogP contribution < -0.4 is 10.1 Å². The van der Waals surface area contributed by atoms with Gasteiger partial charge in [0.2, 0.25) is 0 Å². The van der Waals surface area contributed by atoms with Crippen molar-refractivity contribution in [1.82, 2.24) is 5.32 Å². The zero-order chi connectivity index (χ0) is 14.7. The molecular formula is C15H17BrClNOS. The smallest absolute Gasteiger partial charge is 0.137 e. The molecule has 1 unspecified atom stereocenters. The summed E-state index contributed by atoms with van der Waals surface area (Å²) >= 11 is 11.5. The minimum atomic E-state index is 0.154. The van der Waals surface area contributed by atoms with Gasteiger partial charge in [0.05, 0.1) is 22.0 Å². The van der Waals surface area contributed by atoms with Gasteiger partial charge in [0.1, 0.15) is 5.75 Å². The van der Waals surface area contributed by atoms with Crippen LogP contribution in [-0.2, 0) is 0 Å². The van der Waals surface area contributed by atoms with E-state index >= 15 is 0 Å². The molecule has 0 saturated carbocycles. The molecule has 0 fully saturated rings. The highest BCUT2D eigenvalue weighted by molar-refractivity contribution is 9.11.